The van der Waals surface area contributed by atoms with Gasteiger partial charge in [0.1, 0.15) is 5.75 Å². The topological polar surface area (TPSA) is 69.2 Å². The number of hydrogen-bond donors (Lipinski definition) is 1. The lowest BCUT2D eigenvalue weighted by Crippen LogP contribution is -2.17. The van der Waals surface area contributed by atoms with Crippen LogP contribution in [0, 0.1) is 3.57 Å². The van der Waals surface area contributed by atoms with E-state index in [0.717, 1.165) is 14.9 Å². The number of hydrogen-bond acceptors (Lipinski definition) is 5. The molecule has 0 saturated carbocycles. The minimum atomic E-state index is -0.289. The minimum Gasteiger partial charge on any atom is -0.496 e. The van der Waals surface area contributed by atoms with E-state index >= 15 is 0 Å². The van der Waals surface area contributed by atoms with Gasteiger partial charge in [-0.05, 0) is 64.6 Å². The molecule has 2 aromatic rings. The average Bonchev–Trinajstić information content (AvgIpc) is 3.02. The van der Waals surface area contributed by atoms with Crippen LogP contribution in [0.3, 0.4) is 0 Å². The van der Waals surface area contributed by atoms with E-state index in [-0.39, 0.29) is 12.7 Å². The van der Waals surface area contributed by atoms with Crippen LogP contribution in [0.15, 0.2) is 41.5 Å². The van der Waals surface area contributed by atoms with Gasteiger partial charge in [0.25, 0.3) is 5.91 Å². The number of methoxy groups -OCH3 is 1. The maximum absolute atomic E-state index is 12.1. The highest BCUT2D eigenvalue weighted by atomic mass is 127. The molecule has 0 atom stereocenters. The Kier molecular flexibility index (Phi) is 4.65. The van der Waals surface area contributed by atoms with E-state index in [9.17, 15) is 4.79 Å². The van der Waals surface area contributed by atoms with Crippen LogP contribution in [0.5, 0.6) is 17.2 Å². The minimum absolute atomic E-state index is 0.225. The monoisotopic (exact) mass is 424 g/mol. The van der Waals surface area contributed by atoms with Gasteiger partial charge in [-0.15, -0.1) is 0 Å². The Morgan fingerprint density at radius 2 is 2.09 bits per heavy atom. The predicted molar refractivity (Wildman–Crippen MR) is 93.3 cm³/mol. The van der Waals surface area contributed by atoms with E-state index in [4.69, 9.17) is 14.2 Å². The second kappa shape index (κ2) is 6.86. The molecule has 1 heterocycles. The lowest BCUT2D eigenvalue weighted by Gasteiger charge is -2.05. The molecule has 0 fully saturated rings. The molecule has 1 N–H and O–H groups in total. The molecular weight excluding hydrogens is 411 g/mol. The van der Waals surface area contributed by atoms with E-state index < -0.39 is 0 Å². The molecule has 0 saturated heterocycles. The Bertz CT molecular complexity index is 777. The van der Waals surface area contributed by atoms with Gasteiger partial charge in [-0.25, -0.2) is 5.43 Å². The van der Waals surface area contributed by atoms with Gasteiger partial charge >= 0.3 is 0 Å². The van der Waals surface area contributed by atoms with Crippen molar-refractivity contribution in [2.24, 2.45) is 5.10 Å². The second-order valence-electron chi connectivity index (χ2n) is 4.66. The summed E-state index contributed by atoms with van der Waals surface area (Å²) < 4.78 is 16.5. The van der Waals surface area contributed by atoms with E-state index in [1.54, 1.807) is 43.7 Å². The fraction of sp³-hybridized carbons (Fsp3) is 0.125. The van der Waals surface area contributed by atoms with Crippen molar-refractivity contribution in [3.8, 4) is 17.2 Å². The first-order valence-corrected chi connectivity index (χ1v) is 7.82. The Morgan fingerprint density at radius 1 is 1.26 bits per heavy atom. The summed E-state index contributed by atoms with van der Waals surface area (Å²) in [6.07, 6.45) is 1.55. The van der Waals surface area contributed by atoms with Crippen LogP contribution >= 0.6 is 22.6 Å². The second-order valence-corrected chi connectivity index (χ2v) is 5.82. The number of carbonyl (C=O) groups excluding carboxylic acids is 1. The van der Waals surface area contributed by atoms with Crippen LogP contribution in [0.1, 0.15) is 15.9 Å². The van der Waals surface area contributed by atoms with Crippen LogP contribution < -0.4 is 19.6 Å². The van der Waals surface area contributed by atoms with Crippen molar-refractivity contribution in [3.63, 3.8) is 0 Å². The van der Waals surface area contributed by atoms with Gasteiger partial charge in [-0.3, -0.25) is 4.79 Å². The van der Waals surface area contributed by atoms with Crippen molar-refractivity contribution >= 4 is 34.7 Å². The molecular formula is C16H13IN2O4. The van der Waals surface area contributed by atoms with Crippen molar-refractivity contribution in [1.29, 1.82) is 0 Å². The fourth-order valence-corrected chi connectivity index (χ4v) is 2.77. The molecule has 1 aliphatic rings. The fourth-order valence-electron chi connectivity index (χ4n) is 2.03. The Balaban J connectivity index is 1.65. The molecule has 0 radical (unpaired) electrons. The van der Waals surface area contributed by atoms with Gasteiger partial charge in [0.05, 0.1) is 16.9 Å². The third-order valence-corrected chi connectivity index (χ3v) is 4.03. The summed E-state index contributed by atoms with van der Waals surface area (Å²) in [6, 6.07) is 10.6. The molecule has 23 heavy (non-hydrogen) atoms. The maximum Gasteiger partial charge on any atom is 0.271 e. The largest absolute Gasteiger partial charge is 0.496 e. The number of nitrogens with one attached hydrogen (secondary N) is 1. The smallest absolute Gasteiger partial charge is 0.271 e. The van der Waals surface area contributed by atoms with Crippen LogP contribution in [-0.4, -0.2) is 26.0 Å². The van der Waals surface area contributed by atoms with E-state index in [2.05, 4.69) is 33.1 Å². The number of benzene rings is 2. The van der Waals surface area contributed by atoms with E-state index in [1.165, 1.54) is 0 Å². The molecule has 7 heteroatoms. The first kappa shape index (κ1) is 15.6. The Labute approximate surface area is 146 Å². The number of fused-ring (bicyclic) bond motifs is 1. The lowest BCUT2D eigenvalue weighted by atomic mass is 10.2. The zero-order valence-electron chi connectivity index (χ0n) is 12.2. The molecule has 118 valence electrons. The number of halogens is 1. The van der Waals surface area contributed by atoms with Crippen LogP contribution in [0.2, 0.25) is 0 Å². The molecule has 2 aromatic carbocycles. The van der Waals surface area contributed by atoms with E-state index in [1.807, 2.05) is 6.07 Å². The first-order valence-electron chi connectivity index (χ1n) is 6.74. The summed E-state index contributed by atoms with van der Waals surface area (Å²) in [5.41, 5.74) is 3.81. The first-order chi connectivity index (χ1) is 11.2. The summed E-state index contributed by atoms with van der Waals surface area (Å²) >= 11 is 2.11. The number of nitrogens with zero attached hydrogens (tertiary/aromatic N) is 1. The quantitative estimate of drug-likeness (QED) is 0.466. The molecule has 1 amide bonds. The number of amides is 1. The Morgan fingerprint density at radius 3 is 2.87 bits per heavy atom. The van der Waals surface area contributed by atoms with Gasteiger partial charge in [0, 0.05) is 5.56 Å². The van der Waals surface area contributed by atoms with Gasteiger partial charge in [-0.2, -0.15) is 5.10 Å². The van der Waals surface area contributed by atoms with Gasteiger partial charge in [0.2, 0.25) is 6.79 Å². The average molecular weight is 424 g/mol. The van der Waals surface area contributed by atoms with Gasteiger partial charge in [-0.1, -0.05) is 0 Å². The zero-order valence-corrected chi connectivity index (χ0v) is 14.4. The molecule has 3 rings (SSSR count). The number of carbonyl (C=O) groups is 1. The molecule has 0 aromatic heterocycles. The maximum atomic E-state index is 12.1. The third kappa shape index (κ3) is 3.55. The molecule has 0 aliphatic carbocycles. The number of rotatable bonds is 4. The summed E-state index contributed by atoms with van der Waals surface area (Å²) in [5.74, 6) is 1.82. The van der Waals surface area contributed by atoms with Gasteiger partial charge < -0.3 is 14.2 Å². The highest BCUT2D eigenvalue weighted by Crippen LogP contribution is 2.31. The highest BCUT2D eigenvalue weighted by Gasteiger charge is 2.12. The van der Waals surface area contributed by atoms with Crippen molar-refractivity contribution in [1.82, 2.24) is 5.43 Å². The van der Waals surface area contributed by atoms with Crippen LogP contribution in [0.25, 0.3) is 0 Å². The summed E-state index contributed by atoms with van der Waals surface area (Å²) in [6.45, 7) is 0.225. The van der Waals surface area contributed by atoms with Gasteiger partial charge in [0.15, 0.2) is 11.5 Å². The van der Waals surface area contributed by atoms with Crippen molar-refractivity contribution in [2.45, 2.75) is 0 Å². The zero-order chi connectivity index (χ0) is 16.2. The molecule has 0 unspecified atom stereocenters. The van der Waals surface area contributed by atoms with Crippen molar-refractivity contribution < 1.29 is 19.0 Å². The molecule has 0 bridgehead atoms. The van der Waals surface area contributed by atoms with Crippen molar-refractivity contribution in [2.75, 3.05) is 13.9 Å². The summed E-state index contributed by atoms with van der Waals surface area (Å²) in [7, 11) is 1.59. The third-order valence-electron chi connectivity index (χ3n) is 3.19. The highest BCUT2D eigenvalue weighted by molar-refractivity contribution is 14.1. The number of ether oxygens (including phenoxy) is 3. The molecule has 6 nitrogen and oxygen atoms in total. The van der Waals surface area contributed by atoms with Crippen LogP contribution in [0.4, 0.5) is 0 Å². The normalized spacial score (nSPS) is 12.4. The molecule has 0 spiro atoms. The van der Waals surface area contributed by atoms with E-state index in [0.29, 0.717) is 17.1 Å². The lowest BCUT2D eigenvalue weighted by molar-refractivity contribution is 0.0955. The standard InChI is InChI=1S/C16H13IN2O4/c1-21-13-5-3-11(7-12(13)17)16(20)19-18-8-10-2-4-14-15(6-10)23-9-22-14/h2-8H,9H2,1H3,(H,19,20). The predicted octanol–water partition coefficient (Wildman–Crippen LogP) is 2.79. The summed E-state index contributed by atoms with van der Waals surface area (Å²) in [4.78, 5) is 12.1. The molecule has 1 aliphatic heterocycles. The summed E-state index contributed by atoms with van der Waals surface area (Å²) in [5, 5.41) is 3.96. The number of hydrazone groups is 1. The van der Waals surface area contributed by atoms with Crippen molar-refractivity contribution in [3.05, 3.63) is 51.1 Å². The Hall–Kier alpha value is -2.29. The SMILES string of the molecule is COc1ccc(C(=O)NN=Cc2ccc3c(c2)OCO3)cc1I. The van der Waals surface area contributed by atoms with Crippen LogP contribution in [-0.2, 0) is 0 Å².